The van der Waals surface area contributed by atoms with Gasteiger partial charge in [0.15, 0.2) is 6.17 Å². The predicted molar refractivity (Wildman–Crippen MR) is 157 cm³/mol. The number of fused-ring (bicyclic) bond motifs is 5. The lowest BCUT2D eigenvalue weighted by atomic mass is 9.81. The first-order valence-corrected chi connectivity index (χ1v) is 13.4. The second-order valence-electron chi connectivity index (χ2n) is 13.3. The minimum atomic E-state index is 0.0593. The molecule has 2 nitrogen and oxygen atoms in total. The van der Waals surface area contributed by atoms with Crippen LogP contribution in [0, 0.1) is 17.8 Å². The summed E-state index contributed by atoms with van der Waals surface area (Å²) in [4.78, 5) is 0. The number of aromatic nitrogens is 1. The molecule has 0 saturated carbocycles. The van der Waals surface area contributed by atoms with E-state index >= 15 is 0 Å². The first-order valence-electron chi connectivity index (χ1n) is 14.4. The monoisotopic (exact) mass is 490 g/mol. The Hall–Kier alpha value is -3.39. The Morgan fingerprint density at radius 3 is 2.24 bits per heavy atom. The maximum Gasteiger partial charge on any atom is 0.228 e. The molecule has 0 fully saturated rings. The Morgan fingerprint density at radius 1 is 0.838 bits per heavy atom. The molecule has 0 aliphatic carbocycles. The normalized spacial score (nSPS) is 14.1. The summed E-state index contributed by atoms with van der Waals surface area (Å²) in [5, 5.41) is 6.24. The van der Waals surface area contributed by atoms with Crippen LogP contribution in [-0.4, -0.2) is 0 Å². The van der Waals surface area contributed by atoms with Crippen LogP contribution in [0.5, 0.6) is 11.5 Å². The van der Waals surface area contributed by atoms with Gasteiger partial charge >= 0.3 is 0 Å². The van der Waals surface area contributed by atoms with E-state index in [0.29, 0.717) is 0 Å². The molecule has 0 bridgehead atoms. The summed E-state index contributed by atoms with van der Waals surface area (Å²) in [6, 6.07) is 17.6. The lowest BCUT2D eigenvalue weighted by molar-refractivity contribution is -0.659. The zero-order valence-electron chi connectivity index (χ0n) is 25.4. The van der Waals surface area contributed by atoms with Gasteiger partial charge in [-0.3, -0.25) is 0 Å². The van der Waals surface area contributed by atoms with Gasteiger partial charge in [-0.05, 0) is 69.3 Å². The van der Waals surface area contributed by atoms with Crippen LogP contribution < -0.4 is 9.30 Å². The molecule has 0 amide bonds. The molecule has 0 spiro atoms. The first-order chi connectivity index (χ1) is 18.2. The third kappa shape index (κ3) is 3.98. The summed E-state index contributed by atoms with van der Waals surface area (Å²) in [5.41, 5.74) is 5.88. The van der Waals surface area contributed by atoms with Crippen molar-refractivity contribution in [2.24, 2.45) is 17.9 Å². The Kier molecular flexibility index (Phi) is 4.72. The molecule has 1 aliphatic rings. The van der Waals surface area contributed by atoms with Gasteiger partial charge in [0.1, 0.15) is 19.9 Å². The number of hydrogen-bond donors (Lipinski definition) is 0. The Balaban J connectivity index is 1.77. The summed E-state index contributed by atoms with van der Waals surface area (Å²) in [6.45, 7) is 15.7. The van der Waals surface area contributed by atoms with E-state index in [1.54, 1.807) is 0 Å². The van der Waals surface area contributed by atoms with Crippen LogP contribution in [0.2, 0.25) is 0 Å². The van der Waals surface area contributed by atoms with Crippen molar-refractivity contribution >= 4 is 32.3 Å². The minimum Gasteiger partial charge on any atom is -0.455 e. The van der Waals surface area contributed by atoms with Crippen LogP contribution in [0.4, 0.5) is 0 Å². The molecule has 0 N–H and O–H groups in total. The molecular weight excluding hydrogens is 450 g/mol. The van der Waals surface area contributed by atoms with Crippen molar-refractivity contribution in [1.29, 1.82) is 0 Å². The van der Waals surface area contributed by atoms with Crippen LogP contribution in [0.1, 0.15) is 61.0 Å². The minimum absolute atomic E-state index is 0.0593. The summed E-state index contributed by atoms with van der Waals surface area (Å²) < 4.78 is 26.9. The maximum atomic E-state index is 9.07. The van der Waals surface area contributed by atoms with E-state index in [1.807, 2.05) is 11.6 Å². The summed E-state index contributed by atoms with van der Waals surface area (Å²) in [5.74, 6) is 1.68. The zero-order chi connectivity index (χ0) is 28.0. The van der Waals surface area contributed by atoms with E-state index in [9.17, 15) is 0 Å². The van der Waals surface area contributed by atoms with Gasteiger partial charge in [-0.2, -0.15) is 0 Å². The molecule has 2 heterocycles. The average molecular weight is 491 g/mol. The van der Waals surface area contributed by atoms with E-state index < -0.39 is 0 Å². The van der Waals surface area contributed by atoms with Crippen LogP contribution in [0.15, 0.2) is 60.7 Å². The van der Waals surface area contributed by atoms with Crippen molar-refractivity contribution in [3.05, 3.63) is 77.4 Å². The molecule has 188 valence electrons. The van der Waals surface area contributed by atoms with Crippen LogP contribution in [0.3, 0.4) is 0 Å². The standard InChI is InChI=1S/C35H38NO/c1-21-24-11-9-10-12-26(24)28(20-35(5,6)7)33-30(21)32-31-27(15-16-36(32)8)25-14-13-22(19-34(2,3)4)17-23(25)18-29(31)37-33/h9-18H,19-20H2,1-8H3/q+1/i15D,16D. The molecule has 1 aliphatic heterocycles. The van der Waals surface area contributed by atoms with Gasteiger partial charge in [-0.25, -0.2) is 4.57 Å². The first kappa shape index (κ1) is 21.7. The molecular formula is C35H38NO+. The van der Waals surface area contributed by atoms with E-state index in [0.717, 1.165) is 62.7 Å². The predicted octanol–water partition coefficient (Wildman–Crippen LogP) is 9.23. The second-order valence-corrected chi connectivity index (χ2v) is 13.3. The number of rotatable bonds is 2. The molecule has 5 aromatic rings. The van der Waals surface area contributed by atoms with Crippen molar-refractivity contribution in [1.82, 2.24) is 0 Å². The molecule has 0 radical (unpaired) electrons. The molecule has 0 saturated heterocycles. The smallest absolute Gasteiger partial charge is 0.228 e. The Bertz CT molecular complexity index is 1840. The number of aryl methyl sites for hydroxylation is 1. The van der Waals surface area contributed by atoms with E-state index in [-0.39, 0.29) is 23.0 Å². The molecule has 4 aromatic carbocycles. The fourth-order valence-electron chi connectivity index (χ4n) is 6.12. The number of nitrogens with zero attached hydrogens (tertiary/aromatic N) is 1. The van der Waals surface area contributed by atoms with Crippen molar-refractivity contribution < 1.29 is 12.0 Å². The van der Waals surface area contributed by atoms with Crippen LogP contribution >= 0.6 is 0 Å². The summed E-state index contributed by atoms with van der Waals surface area (Å²) in [6.07, 6.45) is 2.05. The number of hydrogen-bond acceptors (Lipinski definition) is 1. The van der Waals surface area contributed by atoms with Crippen molar-refractivity contribution in [2.45, 2.75) is 61.3 Å². The quantitative estimate of drug-likeness (QED) is 0.174. The maximum absolute atomic E-state index is 9.07. The fraction of sp³-hybridized carbons (Fsp3) is 0.343. The molecule has 1 aromatic heterocycles. The van der Waals surface area contributed by atoms with Crippen LogP contribution in [0.25, 0.3) is 43.6 Å². The van der Waals surface area contributed by atoms with Crippen molar-refractivity contribution in [3.8, 4) is 22.8 Å². The van der Waals surface area contributed by atoms with Gasteiger partial charge < -0.3 is 4.74 Å². The Morgan fingerprint density at radius 2 is 1.54 bits per heavy atom. The topological polar surface area (TPSA) is 13.1 Å². The van der Waals surface area contributed by atoms with E-state index in [1.165, 1.54) is 21.9 Å². The van der Waals surface area contributed by atoms with E-state index in [4.69, 9.17) is 7.48 Å². The SMILES string of the molecule is [2H]c1c([2H])[n+](C)c2c3c(cc4cc(CC(C)(C)C)ccc4c13)Oc1c-2c(C)c2ccccc2c1CC(C)(C)C. The summed E-state index contributed by atoms with van der Waals surface area (Å²) in [7, 11) is 1.92. The highest BCUT2D eigenvalue weighted by Crippen LogP contribution is 2.52. The van der Waals surface area contributed by atoms with Gasteiger partial charge in [0, 0.05) is 17.0 Å². The third-order valence-corrected chi connectivity index (χ3v) is 7.51. The summed E-state index contributed by atoms with van der Waals surface area (Å²) >= 11 is 0. The molecule has 37 heavy (non-hydrogen) atoms. The Labute approximate surface area is 223 Å². The molecule has 0 atom stereocenters. The van der Waals surface area contributed by atoms with Gasteiger partial charge in [0.25, 0.3) is 0 Å². The lowest BCUT2D eigenvalue weighted by Crippen LogP contribution is -2.32. The highest BCUT2D eigenvalue weighted by Gasteiger charge is 2.34. The lowest BCUT2D eigenvalue weighted by Gasteiger charge is -2.28. The van der Waals surface area contributed by atoms with Crippen LogP contribution in [-0.2, 0) is 19.9 Å². The van der Waals surface area contributed by atoms with Crippen molar-refractivity contribution in [2.75, 3.05) is 0 Å². The number of benzene rings is 4. The van der Waals surface area contributed by atoms with Crippen molar-refractivity contribution in [3.63, 3.8) is 0 Å². The van der Waals surface area contributed by atoms with Gasteiger partial charge in [-0.1, -0.05) is 84.0 Å². The second kappa shape index (κ2) is 8.05. The van der Waals surface area contributed by atoms with Gasteiger partial charge in [-0.15, -0.1) is 0 Å². The van der Waals surface area contributed by atoms with Gasteiger partial charge in [0.2, 0.25) is 5.69 Å². The largest absolute Gasteiger partial charge is 0.455 e. The van der Waals surface area contributed by atoms with E-state index in [2.05, 4.69) is 97.0 Å². The highest BCUT2D eigenvalue weighted by molar-refractivity contribution is 6.16. The van der Waals surface area contributed by atoms with Gasteiger partial charge in [0.05, 0.1) is 12.3 Å². The third-order valence-electron chi connectivity index (χ3n) is 7.51. The molecule has 2 heteroatoms. The fourth-order valence-corrected chi connectivity index (χ4v) is 6.12. The number of ether oxygens (including phenoxy) is 1. The molecule has 6 rings (SSSR count). The average Bonchev–Trinajstić information content (AvgIpc) is 2.85. The highest BCUT2D eigenvalue weighted by atomic mass is 16.5. The number of pyridine rings is 1. The zero-order valence-corrected chi connectivity index (χ0v) is 23.4. The molecule has 0 unspecified atom stereocenters.